The highest BCUT2D eigenvalue weighted by Crippen LogP contribution is 2.45. The summed E-state index contributed by atoms with van der Waals surface area (Å²) in [4.78, 5) is 17.8. The quantitative estimate of drug-likeness (QED) is 0.891. The summed E-state index contributed by atoms with van der Waals surface area (Å²) < 4.78 is 0. The van der Waals surface area contributed by atoms with Gasteiger partial charge in [0.15, 0.2) is 0 Å². The minimum atomic E-state index is -0.235. The van der Waals surface area contributed by atoms with Gasteiger partial charge in [0, 0.05) is 18.3 Å². The predicted octanol–water partition coefficient (Wildman–Crippen LogP) is 3.04. The third-order valence-corrected chi connectivity index (χ3v) is 5.74. The van der Waals surface area contributed by atoms with Crippen LogP contribution in [0.3, 0.4) is 0 Å². The number of nitrogens with two attached hydrogens (primary N) is 1. The summed E-state index contributed by atoms with van der Waals surface area (Å²) >= 11 is 0. The maximum Gasteiger partial charge on any atom is 0.223 e. The van der Waals surface area contributed by atoms with Crippen molar-refractivity contribution in [2.75, 3.05) is 13.1 Å². The first kappa shape index (κ1) is 14.8. The summed E-state index contributed by atoms with van der Waals surface area (Å²) in [5.41, 5.74) is 8.05. The lowest BCUT2D eigenvalue weighted by atomic mass is 9.73. The molecule has 0 bridgehead atoms. The third-order valence-electron chi connectivity index (χ3n) is 5.74. The van der Waals surface area contributed by atoms with E-state index in [4.69, 9.17) is 5.73 Å². The van der Waals surface area contributed by atoms with Crippen molar-refractivity contribution in [3.8, 4) is 0 Å². The van der Waals surface area contributed by atoms with Gasteiger partial charge in [-0.3, -0.25) is 9.69 Å². The van der Waals surface area contributed by atoms with E-state index >= 15 is 0 Å². The first-order valence-corrected chi connectivity index (χ1v) is 8.73. The fourth-order valence-corrected chi connectivity index (χ4v) is 4.02. The average Bonchev–Trinajstić information content (AvgIpc) is 3.23. The molecule has 0 radical (unpaired) electrons. The summed E-state index contributed by atoms with van der Waals surface area (Å²) in [5, 5.41) is 1.25. The zero-order chi connectivity index (χ0) is 15.9. The van der Waals surface area contributed by atoms with Gasteiger partial charge in [-0.25, -0.2) is 0 Å². The van der Waals surface area contributed by atoms with Crippen molar-refractivity contribution in [1.82, 2.24) is 9.88 Å². The highest BCUT2D eigenvalue weighted by Gasteiger charge is 2.43. The van der Waals surface area contributed by atoms with Gasteiger partial charge in [0.2, 0.25) is 5.91 Å². The lowest BCUT2D eigenvalue weighted by molar-refractivity contribution is -0.131. The number of likely N-dealkylation sites (tertiary alicyclic amines) is 1. The Bertz CT molecular complexity index is 708. The maximum atomic E-state index is 12.0. The van der Waals surface area contributed by atoms with Gasteiger partial charge in [0.1, 0.15) is 0 Å². The second-order valence-electron chi connectivity index (χ2n) is 7.47. The molecule has 0 spiro atoms. The molecule has 1 aliphatic heterocycles. The SMILES string of the molecule is NC(=O)C1(CC2CC2)CCN(Cc2ccc3cc[nH]c3c2)CC1. The molecule has 1 saturated heterocycles. The lowest BCUT2D eigenvalue weighted by Crippen LogP contribution is -2.47. The summed E-state index contributed by atoms with van der Waals surface area (Å²) in [6.45, 7) is 2.89. The largest absolute Gasteiger partial charge is 0.369 e. The molecule has 1 saturated carbocycles. The number of piperidine rings is 1. The Morgan fingerprint density at radius 2 is 2.04 bits per heavy atom. The fourth-order valence-electron chi connectivity index (χ4n) is 4.02. The molecular formula is C19H25N3O. The first-order valence-electron chi connectivity index (χ1n) is 8.73. The number of hydrogen-bond acceptors (Lipinski definition) is 2. The van der Waals surface area contributed by atoms with Gasteiger partial charge in [-0.2, -0.15) is 0 Å². The van der Waals surface area contributed by atoms with Crippen LogP contribution in [-0.2, 0) is 11.3 Å². The molecule has 0 atom stereocenters. The van der Waals surface area contributed by atoms with Gasteiger partial charge >= 0.3 is 0 Å². The van der Waals surface area contributed by atoms with Gasteiger partial charge in [-0.05, 0) is 61.4 Å². The van der Waals surface area contributed by atoms with Gasteiger partial charge in [-0.1, -0.05) is 25.0 Å². The number of fused-ring (bicyclic) bond motifs is 1. The molecule has 0 unspecified atom stereocenters. The van der Waals surface area contributed by atoms with Crippen LogP contribution in [0.1, 0.15) is 37.7 Å². The van der Waals surface area contributed by atoms with Gasteiger partial charge < -0.3 is 10.7 Å². The number of benzene rings is 1. The van der Waals surface area contributed by atoms with Crippen LogP contribution >= 0.6 is 0 Å². The molecule has 1 aliphatic carbocycles. The van der Waals surface area contributed by atoms with Crippen LogP contribution < -0.4 is 5.73 Å². The van der Waals surface area contributed by atoms with E-state index < -0.39 is 0 Å². The van der Waals surface area contributed by atoms with E-state index in [0.29, 0.717) is 0 Å². The Hall–Kier alpha value is -1.81. The molecule has 2 aliphatic rings. The molecule has 23 heavy (non-hydrogen) atoms. The Morgan fingerprint density at radius 3 is 2.74 bits per heavy atom. The molecular weight excluding hydrogens is 286 g/mol. The number of carbonyl (C=O) groups excluding carboxylic acids is 1. The topological polar surface area (TPSA) is 62.1 Å². The Labute approximate surface area is 137 Å². The number of nitrogens with zero attached hydrogens (tertiary/aromatic N) is 1. The van der Waals surface area contributed by atoms with Crippen LogP contribution in [0, 0.1) is 11.3 Å². The lowest BCUT2D eigenvalue weighted by Gasteiger charge is -2.40. The van der Waals surface area contributed by atoms with Crippen molar-refractivity contribution in [3.05, 3.63) is 36.0 Å². The summed E-state index contributed by atoms with van der Waals surface area (Å²) in [5.74, 6) is 0.682. The number of carbonyl (C=O) groups is 1. The smallest absolute Gasteiger partial charge is 0.223 e. The van der Waals surface area contributed by atoms with E-state index in [1.165, 1.54) is 29.3 Å². The molecule has 2 aromatic rings. The van der Waals surface area contributed by atoms with Crippen molar-refractivity contribution in [1.29, 1.82) is 0 Å². The minimum Gasteiger partial charge on any atom is -0.369 e. The number of nitrogens with one attached hydrogen (secondary N) is 1. The summed E-state index contributed by atoms with van der Waals surface area (Å²) in [6, 6.07) is 8.71. The van der Waals surface area contributed by atoms with E-state index in [2.05, 4.69) is 34.1 Å². The Balaban J connectivity index is 1.41. The van der Waals surface area contributed by atoms with Gasteiger partial charge in [-0.15, -0.1) is 0 Å². The van der Waals surface area contributed by atoms with Gasteiger partial charge in [0.05, 0.1) is 5.41 Å². The second-order valence-corrected chi connectivity index (χ2v) is 7.47. The molecule has 4 nitrogen and oxygen atoms in total. The summed E-state index contributed by atoms with van der Waals surface area (Å²) in [6.07, 6.45) is 7.41. The van der Waals surface area contributed by atoms with Crippen molar-refractivity contribution in [3.63, 3.8) is 0 Å². The number of aromatic amines is 1. The number of primary amides is 1. The predicted molar refractivity (Wildman–Crippen MR) is 91.8 cm³/mol. The number of aromatic nitrogens is 1. The van der Waals surface area contributed by atoms with E-state index in [9.17, 15) is 4.79 Å². The maximum absolute atomic E-state index is 12.0. The minimum absolute atomic E-state index is 0.0724. The summed E-state index contributed by atoms with van der Waals surface area (Å²) in [7, 11) is 0. The third kappa shape index (κ3) is 3.00. The van der Waals surface area contributed by atoms with Crippen molar-refractivity contribution in [2.24, 2.45) is 17.1 Å². The van der Waals surface area contributed by atoms with Crippen molar-refractivity contribution >= 4 is 16.8 Å². The molecule has 1 amide bonds. The number of rotatable bonds is 5. The van der Waals surface area contributed by atoms with Crippen molar-refractivity contribution < 1.29 is 4.79 Å². The van der Waals surface area contributed by atoms with Crippen molar-refractivity contribution in [2.45, 2.75) is 38.6 Å². The van der Waals surface area contributed by atoms with E-state index in [1.54, 1.807) is 0 Å². The molecule has 4 heteroatoms. The number of H-pyrrole nitrogens is 1. The van der Waals surface area contributed by atoms with Crippen LogP contribution in [0.15, 0.2) is 30.5 Å². The normalized spacial score (nSPS) is 21.6. The van der Waals surface area contributed by atoms with Crippen LogP contribution in [0.5, 0.6) is 0 Å². The second kappa shape index (κ2) is 5.68. The average molecular weight is 311 g/mol. The number of amides is 1. The van der Waals surface area contributed by atoms with E-state index in [0.717, 1.165) is 44.8 Å². The molecule has 2 fully saturated rings. The molecule has 122 valence electrons. The zero-order valence-corrected chi connectivity index (χ0v) is 13.6. The first-order chi connectivity index (χ1) is 11.1. The van der Waals surface area contributed by atoms with E-state index in [1.807, 2.05) is 6.20 Å². The highest BCUT2D eigenvalue weighted by atomic mass is 16.1. The van der Waals surface area contributed by atoms with Crippen LogP contribution in [-0.4, -0.2) is 28.9 Å². The molecule has 2 heterocycles. The van der Waals surface area contributed by atoms with Gasteiger partial charge in [0.25, 0.3) is 0 Å². The van der Waals surface area contributed by atoms with Crippen LogP contribution in [0.4, 0.5) is 0 Å². The number of hydrogen-bond donors (Lipinski definition) is 2. The molecule has 1 aromatic heterocycles. The Morgan fingerprint density at radius 1 is 1.26 bits per heavy atom. The standard InChI is InChI=1S/C19H25N3O/c20-18(23)19(12-14-1-2-14)6-9-22(10-7-19)13-15-3-4-16-5-8-21-17(16)11-15/h3-5,8,11,14,21H,1-2,6-7,9-10,12-13H2,(H2,20,23). The molecule has 3 N–H and O–H groups in total. The monoisotopic (exact) mass is 311 g/mol. The fraction of sp³-hybridized carbons (Fsp3) is 0.526. The molecule has 4 rings (SSSR count). The Kier molecular flexibility index (Phi) is 3.64. The van der Waals surface area contributed by atoms with Crippen LogP contribution in [0.2, 0.25) is 0 Å². The van der Waals surface area contributed by atoms with E-state index in [-0.39, 0.29) is 11.3 Å². The van der Waals surface area contributed by atoms with Crippen LogP contribution in [0.25, 0.3) is 10.9 Å². The molecule has 1 aromatic carbocycles. The highest BCUT2D eigenvalue weighted by molar-refractivity contribution is 5.81. The zero-order valence-electron chi connectivity index (χ0n) is 13.6.